The van der Waals surface area contributed by atoms with Gasteiger partial charge in [0.05, 0.1) is 11.9 Å². The van der Waals surface area contributed by atoms with E-state index in [0.29, 0.717) is 11.3 Å². The number of nitrogens with zero attached hydrogens (tertiary/aromatic N) is 2. The fraction of sp³-hybridized carbons (Fsp3) is 0.375. The average Bonchev–Trinajstić information content (AvgIpc) is 2.95. The zero-order valence-corrected chi connectivity index (χ0v) is 24.4. The highest BCUT2D eigenvalue weighted by Crippen LogP contribution is 2.22. The van der Waals surface area contributed by atoms with Gasteiger partial charge in [0.2, 0.25) is 21.8 Å². The van der Waals surface area contributed by atoms with Crippen LogP contribution in [0, 0.1) is 12.7 Å². The van der Waals surface area contributed by atoms with E-state index >= 15 is 0 Å². The fourth-order valence-corrected chi connectivity index (χ4v) is 6.06. The van der Waals surface area contributed by atoms with E-state index in [1.807, 2.05) is 37.3 Å². The van der Waals surface area contributed by atoms with Gasteiger partial charge in [0, 0.05) is 19.0 Å². The van der Waals surface area contributed by atoms with Crippen molar-refractivity contribution in [2.75, 3.05) is 17.1 Å². The van der Waals surface area contributed by atoms with Crippen molar-refractivity contribution >= 4 is 27.5 Å². The summed E-state index contributed by atoms with van der Waals surface area (Å²) in [5.74, 6) is -1.22. The third-order valence-electron chi connectivity index (χ3n) is 7.49. The van der Waals surface area contributed by atoms with Crippen molar-refractivity contribution in [1.82, 2.24) is 10.2 Å². The summed E-state index contributed by atoms with van der Waals surface area (Å²) < 4.78 is 40.5. The van der Waals surface area contributed by atoms with E-state index in [0.717, 1.165) is 53.8 Å². The van der Waals surface area contributed by atoms with Gasteiger partial charge in [-0.15, -0.1) is 0 Å². The lowest BCUT2D eigenvalue weighted by molar-refractivity contribution is -0.140. The van der Waals surface area contributed by atoms with E-state index in [2.05, 4.69) is 5.32 Å². The minimum atomic E-state index is -3.83. The first-order valence-corrected chi connectivity index (χ1v) is 15.9. The molecule has 1 aliphatic carbocycles. The molecule has 0 unspecified atom stereocenters. The number of aryl methyl sites for hydroxylation is 1. The van der Waals surface area contributed by atoms with Crippen molar-refractivity contribution < 1.29 is 22.4 Å². The van der Waals surface area contributed by atoms with Gasteiger partial charge in [-0.2, -0.15) is 0 Å². The molecule has 0 aromatic heterocycles. The molecule has 3 aromatic carbocycles. The first-order valence-electron chi connectivity index (χ1n) is 14.0. The number of benzene rings is 3. The van der Waals surface area contributed by atoms with Gasteiger partial charge in [0.1, 0.15) is 18.4 Å². The monoisotopic (exact) mass is 579 g/mol. The highest BCUT2D eigenvalue weighted by Gasteiger charge is 2.34. The van der Waals surface area contributed by atoms with Crippen LogP contribution in [0.1, 0.15) is 48.8 Å². The van der Waals surface area contributed by atoms with Crippen LogP contribution in [0.3, 0.4) is 0 Å². The Kier molecular flexibility index (Phi) is 10.2. The van der Waals surface area contributed by atoms with Crippen LogP contribution in [-0.4, -0.2) is 50.0 Å². The number of carbonyl (C=O) groups excluding carboxylic acids is 2. The SMILES string of the molecule is Cc1ccc(N(CC(=O)N(Cc2ccc(F)cc2)[C@H](Cc2ccccc2)C(=O)NC2CCCCC2)S(C)(=O)=O)cc1. The normalized spacial score (nSPS) is 14.7. The number of rotatable bonds is 11. The largest absolute Gasteiger partial charge is 0.352 e. The first-order chi connectivity index (χ1) is 19.6. The molecule has 4 rings (SSSR count). The second-order valence-electron chi connectivity index (χ2n) is 10.8. The lowest BCUT2D eigenvalue weighted by Crippen LogP contribution is -2.55. The molecular weight excluding hydrogens is 541 g/mol. The van der Waals surface area contributed by atoms with Crippen molar-refractivity contribution in [3.63, 3.8) is 0 Å². The van der Waals surface area contributed by atoms with E-state index in [1.165, 1.54) is 17.0 Å². The fourth-order valence-electron chi connectivity index (χ4n) is 5.21. The van der Waals surface area contributed by atoms with Gasteiger partial charge >= 0.3 is 0 Å². The topological polar surface area (TPSA) is 86.8 Å². The molecule has 41 heavy (non-hydrogen) atoms. The Morgan fingerprint density at radius 1 is 0.902 bits per heavy atom. The summed E-state index contributed by atoms with van der Waals surface area (Å²) in [4.78, 5) is 29.4. The van der Waals surface area contributed by atoms with E-state index in [9.17, 15) is 22.4 Å². The van der Waals surface area contributed by atoms with E-state index in [1.54, 1.807) is 36.4 Å². The molecule has 9 heteroatoms. The van der Waals surface area contributed by atoms with Crippen molar-refractivity contribution in [3.05, 3.63) is 101 Å². The molecule has 218 valence electrons. The molecule has 0 saturated heterocycles. The standard InChI is InChI=1S/C32H38FN3O4S/c1-24-13-19-29(20-14-24)36(41(2,39)40)23-31(37)35(22-26-15-17-27(33)18-16-26)30(21-25-9-5-3-6-10-25)32(38)34-28-11-7-4-8-12-28/h3,5-6,9-10,13-20,28,30H,4,7-8,11-12,21-23H2,1-2H3,(H,34,38)/t30-/m1/s1. The third-order valence-corrected chi connectivity index (χ3v) is 8.63. The Labute approximate surface area is 242 Å². The highest BCUT2D eigenvalue weighted by atomic mass is 32.2. The molecule has 1 saturated carbocycles. The third kappa shape index (κ3) is 8.63. The van der Waals surface area contributed by atoms with Crippen LogP contribution < -0.4 is 9.62 Å². The maximum Gasteiger partial charge on any atom is 0.244 e. The van der Waals surface area contributed by atoms with E-state index in [4.69, 9.17) is 0 Å². The molecule has 0 heterocycles. The molecule has 2 amide bonds. The Morgan fingerprint density at radius 2 is 1.54 bits per heavy atom. The Hall–Kier alpha value is -3.72. The number of sulfonamides is 1. The number of nitrogens with one attached hydrogen (secondary N) is 1. The smallest absolute Gasteiger partial charge is 0.244 e. The summed E-state index contributed by atoms with van der Waals surface area (Å²) >= 11 is 0. The molecule has 0 bridgehead atoms. The lowest BCUT2D eigenvalue weighted by atomic mass is 9.94. The summed E-state index contributed by atoms with van der Waals surface area (Å²) in [5.41, 5.74) is 2.81. The lowest BCUT2D eigenvalue weighted by Gasteiger charge is -2.35. The van der Waals surface area contributed by atoms with Gasteiger partial charge in [-0.05, 0) is 55.2 Å². The quantitative estimate of drug-likeness (QED) is 0.347. The summed E-state index contributed by atoms with van der Waals surface area (Å²) in [5, 5.41) is 3.17. The molecule has 1 aliphatic rings. The van der Waals surface area contributed by atoms with Crippen molar-refractivity contribution in [2.45, 2.75) is 64.1 Å². The van der Waals surface area contributed by atoms with Gasteiger partial charge in [-0.1, -0.05) is 79.4 Å². The summed E-state index contributed by atoms with van der Waals surface area (Å²) in [7, 11) is -3.83. The summed E-state index contributed by atoms with van der Waals surface area (Å²) in [6.45, 7) is 1.43. The minimum Gasteiger partial charge on any atom is -0.352 e. The van der Waals surface area contributed by atoms with Crippen LogP contribution in [0.5, 0.6) is 0 Å². The maximum absolute atomic E-state index is 14.1. The number of amides is 2. The number of halogens is 1. The van der Waals surface area contributed by atoms with Crippen LogP contribution in [0.4, 0.5) is 10.1 Å². The summed E-state index contributed by atoms with van der Waals surface area (Å²) in [6, 6.07) is 21.2. The van der Waals surface area contributed by atoms with Gasteiger partial charge in [0.15, 0.2) is 0 Å². The molecular formula is C32H38FN3O4S. The highest BCUT2D eigenvalue weighted by molar-refractivity contribution is 7.92. The number of carbonyl (C=O) groups is 2. The summed E-state index contributed by atoms with van der Waals surface area (Å²) in [6.07, 6.45) is 6.27. The molecule has 1 N–H and O–H groups in total. The van der Waals surface area contributed by atoms with Gasteiger partial charge in [0.25, 0.3) is 0 Å². The Morgan fingerprint density at radius 3 is 2.15 bits per heavy atom. The molecule has 7 nitrogen and oxygen atoms in total. The van der Waals surface area contributed by atoms with Crippen LogP contribution >= 0.6 is 0 Å². The predicted molar refractivity (Wildman–Crippen MR) is 159 cm³/mol. The average molecular weight is 580 g/mol. The van der Waals surface area contributed by atoms with Crippen LogP contribution in [0.25, 0.3) is 0 Å². The Balaban J connectivity index is 1.71. The number of anilines is 1. The van der Waals surface area contributed by atoms with E-state index in [-0.39, 0.29) is 24.9 Å². The van der Waals surface area contributed by atoms with E-state index < -0.39 is 34.3 Å². The second kappa shape index (κ2) is 13.8. The van der Waals surface area contributed by atoms with Gasteiger partial charge in [-0.25, -0.2) is 12.8 Å². The zero-order valence-electron chi connectivity index (χ0n) is 23.6. The van der Waals surface area contributed by atoms with Crippen LogP contribution in [0.15, 0.2) is 78.9 Å². The van der Waals surface area contributed by atoms with Gasteiger partial charge in [-0.3, -0.25) is 13.9 Å². The minimum absolute atomic E-state index is 0.0141. The zero-order chi connectivity index (χ0) is 29.4. The first kappa shape index (κ1) is 30.2. The van der Waals surface area contributed by atoms with Crippen molar-refractivity contribution in [2.24, 2.45) is 0 Å². The van der Waals surface area contributed by atoms with Crippen LogP contribution in [-0.2, 0) is 32.6 Å². The van der Waals surface area contributed by atoms with Crippen LogP contribution in [0.2, 0.25) is 0 Å². The molecule has 1 fully saturated rings. The number of hydrogen-bond acceptors (Lipinski definition) is 4. The predicted octanol–water partition coefficient (Wildman–Crippen LogP) is 4.99. The van der Waals surface area contributed by atoms with Gasteiger partial charge < -0.3 is 10.2 Å². The molecule has 3 aromatic rings. The molecule has 1 atom stereocenters. The second-order valence-corrected chi connectivity index (χ2v) is 12.7. The number of hydrogen-bond donors (Lipinski definition) is 1. The molecule has 0 radical (unpaired) electrons. The van der Waals surface area contributed by atoms with Crippen molar-refractivity contribution in [3.8, 4) is 0 Å². The molecule has 0 aliphatic heterocycles. The Bertz CT molecular complexity index is 1410. The van der Waals surface area contributed by atoms with Crippen molar-refractivity contribution in [1.29, 1.82) is 0 Å². The maximum atomic E-state index is 14.1. The molecule has 0 spiro atoms.